The molecule has 11 heteroatoms. The number of benzene rings is 2. The quantitative estimate of drug-likeness (QED) is 0.271. The number of carbonyl (C=O) groups excluding carboxylic acids is 1. The van der Waals surface area contributed by atoms with Crippen molar-refractivity contribution in [1.29, 1.82) is 0 Å². The second kappa shape index (κ2) is 10.7. The van der Waals surface area contributed by atoms with Gasteiger partial charge in [-0.25, -0.2) is 0 Å². The Bertz CT molecular complexity index is 851. The summed E-state index contributed by atoms with van der Waals surface area (Å²) in [6, 6.07) is 6.11. The van der Waals surface area contributed by atoms with Gasteiger partial charge in [-0.05, 0) is 50.6 Å². The van der Waals surface area contributed by atoms with Gasteiger partial charge in [0.2, 0.25) is 0 Å². The third-order valence-electron chi connectivity index (χ3n) is 3.90. The van der Waals surface area contributed by atoms with Crippen LogP contribution in [0, 0.1) is 6.92 Å². The van der Waals surface area contributed by atoms with Gasteiger partial charge in [0.1, 0.15) is 12.4 Å². The van der Waals surface area contributed by atoms with Crippen molar-refractivity contribution >= 4 is 38.3 Å². The van der Waals surface area contributed by atoms with E-state index in [9.17, 15) is 31.1 Å². The predicted molar refractivity (Wildman–Crippen MR) is 104 cm³/mol. The van der Waals surface area contributed by atoms with Gasteiger partial charge in [0.25, 0.3) is 0 Å². The molecule has 3 nitrogen and oxygen atoms in total. The Labute approximate surface area is 183 Å². The standard InChI is InChI=1S/C19H17F6O3P.Li.H/c1-11-10-12(28-9-8-27-2)6-7-15(11)29-17(26)16-13(18(20,21)22)4-3-5-14(16)19(23,24)25;;/h3-7,10,29H,8-9H2,1-2H3;;. The fraction of sp³-hybridized carbons (Fsp3) is 0.316. The number of halogens is 6. The molecule has 0 fully saturated rings. The summed E-state index contributed by atoms with van der Waals surface area (Å²) in [5.41, 5.74) is -5.26. The molecule has 0 aromatic heterocycles. The van der Waals surface area contributed by atoms with Crippen LogP contribution in [0.25, 0.3) is 0 Å². The topological polar surface area (TPSA) is 35.5 Å². The van der Waals surface area contributed by atoms with Crippen LogP contribution < -0.4 is 10.0 Å². The van der Waals surface area contributed by atoms with Gasteiger partial charge in [-0.3, -0.25) is 4.79 Å². The number of carbonyl (C=O) groups is 1. The van der Waals surface area contributed by atoms with Crippen LogP contribution in [-0.2, 0) is 17.1 Å². The summed E-state index contributed by atoms with van der Waals surface area (Å²) in [5, 5.41) is 0.333. The summed E-state index contributed by atoms with van der Waals surface area (Å²) in [5.74, 6) is 0.451. The first kappa shape index (κ1) is 26.5. The maximum atomic E-state index is 13.3. The fourth-order valence-electron chi connectivity index (χ4n) is 2.56. The van der Waals surface area contributed by atoms with E-state index in [0.29, 0.717) is 41.4 Å². The van der Waals surface area contributed by atoms with E-state index in [0.717, 1.165) is 0 Å². The van der Waals surface area contributed by atoms with Crippen molar-refractivity contribution in [1.82, 2.24) is 0 Å². The van der Waals surface area contributed by atoms with Gasteiger partial charge in [-0.15, -0.1) is 0 Å². The van der Waals surface area contributed by atoms with Gasteiger partial charge in [-0.1, -0.05) is 12.1 Å². The van der Waals surface area contributed by atoms with Gasteiger partial charge < -0.3 is 9.47 Å². The number of ether oxygens (including phenoxy) is 2. The molecular weight excluding hydrogens is 428 g/mol. The van der Waals surface area contributed by atoms with Crippen LogP contribution in [0.15, 0.2) is 36.4 Å². The van der Waals surface area contributed by atoms with E-state index in [-0.39, 0.29) is 25.5 Å². The van der Waals surface area contributed by atoms with Crippen LogP contribution in [0.2, 0.25) is 0 Å². The zero-order valence-electron chi connectivity index (χ0n) is 15.4. The zero-order chi connectivity index (χ0) is 21.8. The first-order valence-electron chi connectivity index (χ1n) is 8.26. The van der Waals surface area contributed by atoms with E-state index >= 15 is 0 Å². The summed E-state index contributed by atoms with van der Waals surface area (Å²) in [7, 11) is 0.584. The first-order valence-corrected chi connectivity index (χ1v) is 9.26. The Kier molecular flexibility index (Phi) is 9.43. The SMILES string of the molecule is COCCOc1ccc(PC(=O)c2c(C(F)(F)F)cccc2C(F)(F)F)c(C)c1.[LiH]. The Morgan fingerprint density at radius 3 is 2.00 bits per heavy atom. The molecule has 0 radical (unpaired) electrons. The zero-order valence-corrected chi connectivity index (χ0v) is 16.4. The molecule has 0 N–H and O–H groups in total. The van der Waals surface area contributed by atoms with Crippen LogP contribution >= 0.6 is 8.58 Å². The molecule has 2 rings (SSSR count). The Morgan fingerprint density at radius 1 is 0.967 bits per heavy atom. The molecule has 0 aliphatic carbocycles. The van der Waals surface area contributed by atoms with Crippen molar-refractivity contribution in [2.75, 3.05) is 20.3 Å². The monoisotopic (exact) mass is 446 g/mol. The number of aryl methyl sites for hydroxylation is 1. The van der Waals surface area contributed by atoms with Crippen LogP contribution in [-0.4, -0.2) is 44.7 Å². The van der Waals surface area contributed by atoms with Crippen molar-refractivity contribution in [2.45, 2.75) is 19.3 Å². The van der Waals surface area contributed by atoms with E-state index < -0.39 is 43.1 Å². The molecule has 0 heterocycles. The molecule has 0 spiro atoms. The number of methoxy groups -OCH3 is 1. The minimum absolute atomic E-state index is 0. The van der Waals surface area contributed by atoms with Crippen molar-refractivity contribution in [3.8, 4) is 5.75 Å². The van der Waals surface area contributed by atoms with Crippen molar-refractivity contribution in [3.05, 3.63) is 58.7 Å². The normalized spacial score (nSPS) is 12.1. The third kappa shape index (κ3) is 6.75. The van der Waals surface area contributed by atoms with Crippen LogP contribution in [0.5, 0.6) is 5.75 Å². The van der Waals surface area contributed by atoms with Crippen LogP contribution in [0.1, 0.15) is 27.0 Å². The molecule has 160 valence electrons. The molecule has 1 unspecified atom stereocenters. The fourth-order valence-corrected chi connectivity index (χ4v) is 3.64. The summed E-state index contributed by atoms with van der Waals surface area (Å²) in [6.07, 6.45) is -10.2. The van der Waals surface area contributed by atoms with Crippen LogP contribution in [0.3, 0.4) is 0 Å². The van der Waals surface area contributed by atoms with E-state index in [4.69, 9.17) is 9.47 Å². The second-order valence-electron chi connectivity index (χ2n) is 6.00. The molecule has 30 heavy (non-hydrogen) atoms. The average Bonchev–Trinajstić information content (AvgIpc) is 2.62. The van der Waals surface area contributed by atoms with Gasteiger partial charge in [0.05, 0.1) is 17.7 Å². The summed E-state index contributed by atoms with van der Waals surface area (Å²) < 4.78 is 89.8. The number of rotatable bonds is 7. The van der Waals surface area contributed by atoms with E-state index in [1.54, 1.807) is 13.0 Å². The van der Waals surface area contributed by atoms with Crippen molar-refractivity contribution in [3.63, 3.8) is 0 Å². The average molecular weight is 446 g/mol. The molecule has 0 amide bonds. The van der Waals surface area contributed by atoms with Crippen molar-refractivity contribution < 1.29 is 40.6 Å². The van der Waals surface area contributed by atoms with Gasteiger partial charge in [0.15, 0.2) is 5.52 Å². The molecule has 0 aliphatic heterocycles. The van der Waals surface area contributed by atoms with E-state index in [2.05, 4.69) is 0 Å². The van der Waals surface area contributed by atoms with Gasteiger partial charge >= 0.3 is 31.2 Å². The maximum absolute atomic E-state index is 13.3. The number of alkyl halides is 6. The summed E-state index contributed by atoms with van der Waals surface area (Å²) >= 11 is 0. The summed E-state index contributed by atoms with van der Waals surface area (Å²) in [4.78, 5) is 12.6. The molecule has 0 aliphatic rings. The third-order valence-corrected chi connectivity index (χ3v) is 5.21. The minimum atomic E-state index is -5.09. The number of hydrogen-bond acceptors (Lipinski definition) is 3. The summed E-state index contributed by atoms with van der Waals surface area (Å²) in [6.45, 7) is 2.21. The molecular formula is C19H18F6LiO3P. The predicted octanol–water partition coefficient (Wildman–Crippen LogP) is 4.55. The molecule has 0 bridgehead atoms. The number of hydrogen-bond donors (Lipinski definition) is 0. The van der Waals surface area contributed by atoms with Crippen molar-refractivity contribution in [2.24, 2.45) is 0 Å². The molecule has 0 saturated heterocycles. The molecule has 0 saturated carbocycles. The Morgan fingerprint density at radius 2 is 1.53 bits per heavy atom. The van der Waals surface area contributed by atoms with E-state index in [1.165, 1.54) is 19.2 Å². The molecule has 2 aromatic carbocycles. The second-order valence-corrected chi connectivity index (χ2v) is 7.24. The molecule has 2 aromatic rings. The van der Waals surface area contributed by atoms with Gasteiger partial charge in [-0.2, -0.15) is 26.3 Å². The van der Waals surface area contributed by atoms with Gasteiger partial charge in [0, 0.05) is 12.7 Å². The Hall–Kier alpha value is -1.52. The van der Waals surface area contributed by atoms with E-state index in [1.807, 2.05) is 0 Å². The molecule has 1 atom stereocenters. The Balaban J connectivity index is 0.00000450. The van der Waals surface area contributed by atoms with Crippen LogP contribution in [0.4, 0.5) is 26.3 Å². The first-order chi connectivity index (χ1) is 13.4.